The third-order valence-corrected chi connectivity index (χ3v) is 4.34. The molecule has 1 atom stereocenters. The van der Waals surface area contributed by atoms with Crippen molar-refractivity contribution in [3.05, 3.63) is 29.8 Å². The van der Waals surface area contributed by atoms with E-state index >= 15 is 0 Å². The van der Waals surface area contributed by atoms with Crippen molar-refractivity contribution in [2.45, 2.75) is 51.6 Å². The normalized spacial score (nSPS) is 16.8. The predicted octanol–water partition coefficient (Wildman–Crippen LogP) is 3.10. The van der Waals surface area contributed by atoms with E-state index in [1.165, 1.54) is 30.5 Å². The fourth-order valence-corrected chi connectivity index (χ4v) is 2.97. The monoisotopic (exact) mass is 276 g/mol. The molecular weight excluding hydrogens is 248 g/mol. The largest absolute Gasteiger partial charge is 0.395 e. The average molecular weight is 276 g/mol. The van der Waals surface area contributed by atoms with Crippen LogP contribution in [0, 0.1) is 0 Å². The molecule has 0 aliphatic heterocycles. The molecule has 0 heterocycles. The first-order chi connectivity index (χ1) is 9.80. The number of hydrogen-bond donors (Lipinski definition) is 2. The summed E-state index contributed by atoms with van der Waals surface area (Å²) in [6.07, 6.45) is 4.95. The molecule has 0 radical (unpaired) electrons. The van der Waals surface area contributed by atoms with E-state index in [1.54, 1.807) is 0 Å². The SMILES string of the molecule is CCNC(CC)c1ccc(N(CCO)C2CCC2)cc1. The van der Waals surface area contributed by atoms with E-state index in [0.717, 1.165) is 19.5 Å². The molecule has 1 aliphatic rings. The number of rotatable bonds is 8. The van der Waals surface area contributed by atoms with Gasteiger partial charge in [0.25, 0.3) is 0 Å². The van der Waals surface area contributed by atoms with Gasteiger partial charge < -0.3 is 15.3 Å². The number of nitrogens with one attached hydrogen (secondary N) is 1. The zero-order valence-corrected chi connectivity index (χ0v) is 12.8. The fraction of sp³-hybridized carbons (Fsp3) is 0.647. The zero-order valence-electron chi connectivity index (χ0n) is 12.8. The summed E-state index contributed by atoms with van der Waals surface area (Å²) < 4.78 is 0. The minimum Gasteiger partial charge on any atom is -0.395 e. The number of aliphatic hydroxyl groups is 1. The topological polar surface area (TPSA) is 35.5 Å². The third kappa shape index (κ3) is 3.53. The number of aliphatic hydroxyl groups excluding tert-OH is 1. The maximum Gasteiger partial charge on any atom is 0.0606 e. The summed E-state index contributed by atoms with van der Waals surface area (Å²) in [5, 5.41) is 12.8. The first-order valence-electron chi connectivity index (χ1n) is 8.01. The molecule has 2 rings (SSSR count). The van der Waals surface area contributed by atoms with Crippen molar-refractivity contribution in [2.75, 3.05) is 24.6 Å². The Labute approximate surface area is 123 Å². The van der Waals surface area contributed by atoms with Gasteiger partial charge in [-0.25, -0.2) is 0 Å². The van der Waals surface area contributed by atoms with E-state index < -0.39 is 0 Å². The van der Waals surface area contributed by atoms with Crippen LogP contribution in [-0.2, 0) is 0 Å². The molecule has 0 amide bonds. The lowest BCUT2D eigenvalue weighted by Gasteiger charge is -2.39. The van der Waals surface area contributed by atoms with Crippen molar-refractivity contribution < 1.29 is 5.11 Å². The molecule has 3 heteroatoms. The van der Waals surface area contributed by atoms with Crippen LogP contribution in [-0.4, -0.2) is 30.8 Å². The Morgan fingerprint density at radius 3 is 2.40 bits per heavy atom. The van der Waals surface area contributed by atoms with Crippen LogP contribution in [0.4, 0.5) is 5.69 Å². The van der Waals surface area contributed by atoms with Gasteiger partial charge in [-0.15, -0.1) is 0 Å². The second-order valence-electron chi connectivity index (χ2n) is 5.61. The average Bonchev–Trinajstić information content (AvgIpc) is 2.43. The maximum absolute atomic E-state index is 9.27. The summed E-state index contributed by atoms with van der Waals surface area (Å²) in [5.41, 5.74) is 2.61. The molecule has 1 fully saturated rings. The molecule has 1 aromatic carbocycles. The molecule has 112 valence electrons. The lowest BCUT2D eigenvalue weighted by Crippen LogP contribution is -2.41. The molecule has 1 unspecified atom stereocenters. The van der Waals surface area contributed by atoms with E-state index in [4.69, 9.17) is 0 Å². The number of hydrogen-bond acceptors (Lipinski definition) is 3. The molecule has 20 heavy (non-hydrogen) atoms. The minimum absolute atomic E-state index is 0.229. The van der Waals surface area contributed by atoms with E-state index in [0.29, 0.717) is 12.1 Å². The molecule has 0 spiro atoms. The summed E-state index contributed by atoms with van der Waals surface area (Å²) in [6.45, 7) is 6.34. The Hall–Kier alpha value is -1.06. The molecule has 3 nitrogen and oxygen atoms in total. The second-order valence-corrected chi connectivity index (χ2v) is 5.61. The number of benzene rings is 1. The van der Waals surface area contributed by atoms with Crippen LogP contribution in [0.3, 0.4) is 0 Å². The van der Waals surface area contributed by atoms with Gasteiger partial charge in [-0.05, 0) is 49.9 Å². The Morgan fingerprint density at radius 1 is 1.25 bits per heavy atom. The van der Waals surface area contributed by atoms with Crippen LogP contribution >= 0.6 is 0 Å². The quantitative estimate of drug-likeness (QED) is 0.766. The van der Waals surface area contributed by atoms with Crippen LogP contribution < -0.4 is 10.2 Å². The molecule has 2 N–H and O–H groups in total. The van der Waals surface area contributed by atoms with Gasteiger partial charge in [-0.1, -0.05) is 26.0 Å². The molecule has 0 saturated heterocycles. The highest BCUT2D eigenvalue weighted by Gasteiger charge is 2.24. The van der Waals surface area contributed by atoms with Gasteiger partial charge >= 0.3 is 0 Å². The summed E-state index contributed by atoms with van der Waals surface area (Å²) in [4.78, 5) is 2.36. The lowest BCUT2D eigenvalue weighted by molar-refractivity contribution is 0.283. The Bertz CT molecular complexity index is 386. The van der Waals surface area contributed by atoms with Gasteiger partial charge in [0.2, 0.25) is 0 Å². The van der Waals surface area contributed by atoms with Gasteiger partial charge in [0.15, 0.2) is 0 Å². The van der Waals surface area contributed by atoms with Crippen molar-refractivity contribution in [2.24, 2.45) is 0 Å². The van der Waals surface area contributed by atoms with Gasteiger partial charge in [0.05, 0.1) is 6.61 Å². The number of anilines is 1. The predicted molar refractivity (Wildman–Crippen MR) is 85.2 cm³/mol. The van der Waals surface area contributed by atoms with Gasteiger partial charge in [0, 0.05) is 24.3 Å². The van der Waals surface area contributed by atoms with Gasteiger partial charge in [0.1, 0.15) is 0 Å². The summed E-state index contributed by atoms with van der Waals surface area (Å²) in [7, 11) is 0. The molecule has 1 aliphatic carbocycles. The van der Waals surface area contributed by atoms with E-state index in [-0.39, 0.29) is 6.61 Å². The molecule has 1 aromatic rings. The summed E-state index contributed by atoms with van der Waals surface area (Å²) >= 11 is 0. The highest BCUT2D eigenvalue weighted by molar-refractivity contribution is 5.49. The van der Waals surface area contributed by atoms with E-state index in [1.807, 2.05) is 0 Å². The second kappa shape index (κ2) is 7.65. The molecular formula is C17H28N2O. The van der Waals surface area contributed by atoms with Gasteiger partial charge in [-0.2, -0.15) is 0 Å². The van der Waals surface area contributed by atoms with E-state index in [9.17, 15) is 5.11 Å². The minimum atomic E-state index is 0.229. The standard InChI is InChI=1S/C17H28N2O/c1-3-17(18-4-2)14-8-10-16(11-9-14)19(12-13-20)15-6-5-7-15/h8-11,15,17-18,20H,3-7,12-13H2,1-2H3. The maximum atomic E-state index is 9.27. The highest BCUT2D eigenvalue weighted by Crippen LogP contribution is 2.30. The summed E-state index contributed by atoms with van der Waals surface area (Å²) in [6, 6.07) is 9.96. The van der Waals surface area contributed by atoms with E-state index in [2.05, 4.69) is 48.3 Å². The Kier molecular flexibility index (Phi) is 5.86. The molecule has 0 aromatic heterocycles. The van der Waals surface area contributed by atoms with Crippen molar-refractivity contribution in [3.63, 3.8) is 0 Å². The zero-order chi connectivity index (χ0) is 14.4. The summed E-state index contributed by atoms with van der Waals surface area (Å²) in [5.74, 6) is 0. The van der Waals surface area contributed by atoms with Crippen molar-refractivity contribution in [1.82, 2.24) is 5.32 Å². The van der Waals surface area contributed by atoms with Gasteiger partial charge in [-0.3, -0.25) is 0 Å². The Balaban J connectivity index is 2.08. The van der Waals surface area contributed by atoms with Crippen molar-refractivity contribution >= 4 is 5.69 Å². The highest BCUT2D eigenvalue weighted by atomic mass is 16.3. The van der Waals surface area contributed by atoms with Crippen LogP contribution in [0.2, 0.25) is 0 Å². The number of nitrogens with zero attached hydrogens (tertiary/aromatic N) is 1. The molecule has 0 bridgehead atoms. The third-order valence-electron chi connectivity index (χ3n) is 4.34. The fourth-order valence-electron chi connectivity index (χ4n) is 2.97. The van der Waals surface area contributed by atoms with Crippen LogP contribution in [0.1, 0.15) is 51.1 Å². The first-order valence-corrected chi connectivity index (χ1v) is 8.01. The lowest BCUT2D eigenvalue weighted by atomic mass is 9.91. The first kappa shape index (κ1) is 15.3. The molecule has 1 saturated carbocycles. The Morgan fingerprint density at radius 2 is 1.95 bits per heavy atom. The van der Waals surface area contributed by atoms with Crippen LogP contribution in [0.5, 0.6) is 0 Å². The van der Waals surface area contributed by atoms with Crippen molar-refractivity contribution in [3.8, 4) is 0 Å². The van der Waals surface area contributed by atoms with Crippen LogP contribution in [0.25, 0.3) is 0 Å². The smallest absolute Gasteiger partial charge is 0.0606 e. The van der Waals surface area contributed by atoms with Crippen molar-refractivity contribution in [1.29, 1.82) is 0 Å². The van der Waals surface area contributed by atoms with Crippen LogP contribution in [0.15, 0.2) is 24.3 Å².